The quantitative estimate of drug-likeness (QED) is 0.766. The fraction of sp³-hybridized carbons (Fsp3) is 0.300. The largest absolute Gasteiger partial charge is 0.495 e. The molecule has 0 radical (unpaired) electrons. The fourth-order valence-electron chi connectivity index (χ4n) is 3.60. The number of benzene rings is 2. The fourth-order valence-corrected chi connectivity index (χ4v) is 7.51. The van der Waals surface area contributed by atoms with E-state index in [4.69, 9.17) is 4.74 Å². The maximum Gasteiger partial charge on any atom is 0.279 e. The molecular weight excluding hydrogens is 396 g/mol. The third-order valence-corrected chi connectivity index (χ3v) is 8.08. The first-order valence-corrected chi connectivity index (χ1v) is 11.6. The second-order valence-electron chi connectivity index (χ2n) is 6.91. The number of carbonyl (C=O) groups excluding carboxylic acids is 1. The molecule has 4 rings (SSSR count). The van der Waals surface area contributed by atoms with Gasteiger partial charge in [0.25, 0.3) is 5.91 Å². The number of rotatable bonds is 3. The molecule has 2 atom stereocenters. The Morgan fingerprint density at radius 1 is 1.18 bits per heavy atom. The molecule has 2 aromatic carbocycles. The topological polar surface area (TPSA) is 76.0 Å². The van der Waals surface area contributed by atoms with Crippen molar-refractivity contribution in [2.45, 2.75) is 18.2 Å². The Kier molecular flexibility index (Phi) is 4.93. The number of anilines is 1. The minimum absolute atomic E-state index is 0.0420. The molecule has 28 heavy (non-hydrogen) atoms. The molecule has 0 N–H and O–H groups in total. The van der Waals surface area contributed by atoms with Crippen molar-refractivity contribution < 1.29 is 17.9 Å². The molecule has 0 spiro atoms. The lowest BCUT2D eigenvalue weighted by Gasteiger charge is -2.26. The van der Waals surface area contributed by atoms with Crippen LogP contribution in [0.3, 0.4) is 0 Å². The SMILES string of the molecule is COc1ccccc1N1C(=NC(=O)c2cccc(C)c2)S[C@@H]2CS(=O)(=O)C[C@@H]21. The zero-order valence-corrected chi connectivity index (χ0v) is 17.2. The monoisotopic (exact) mass is 416 g/mol. The minimum atomic E-state index is -3.12. The van der Waals surface area contributed by atoms with E-state index in [0.717, 1.165) is 11.3 Å². The van der Waals surface area contributed by atoms with Gasteiger partial charge in [0.1, 0.15) is 5.75 Å². The predicted octanol–water partition coefficient (Wildman–Crippen LogP) is 2.92. The first-order chi connectivity index (χ1) is 13.4. The summed E-state index contributed by atoms with van der Waals surface area (Å²) in [5.41, 5.74) is 2.21. The molecule has 2 aromatic rings. The van der Waals surface area contributed by atoms with Gasteiger partial charge in [-0.25, -0.2) is 8.42 Å². The van der Waals surface area contributed by atoms with Crippen molar-refractivity contribution in [2.24, 2.45) is 4.99 Å². The maximum atomic E-state index is 12.8. The molecule has 146 valence electrons. The second-order valence-corrected chi connectivity index (χ2v) is 10.3. The highest BCUT2D eigenvalue weighted by atomic mass is 32.2. The van der Waals surface area contributed by atoms with Crippen LogP contribution in [0.15, 0.2) is 53.5 Å². The number of fused-ring (bicyclic) bond motifs is 1. The number of sulfone groups is 1. The van der Waals surface area contributed by atoms with Crippen molar-refractivity contribution in [2.75, 3.05) is 23.5 Å². The van der Waals surface area contributed by atoms with E-state index in [1.54, 1.807) is 19.2 Å². The first kappa shape index (κ1) is 19.0. The van der Waals surface area contributed by atoms with Crippen LogP contribution in [0.5, 0.6) is 5.75 Å². The summed E-state index contributed by atoms with van der Waals surface area (Å²) in [5.74, 6) is 0.407. The van der Waals surface area contributed by atoms with Gasteiger partial charge in [-0.05, 0) is 31.2 Å². The third-order valence-electron chi connectivity index (χ3n) is 4.87. The molecule has 0 saturated carbocycles. The summed E-state index contributed by atoms with van der Waals surface area (Å²) in [6.07, 6.45) is 0. The molecule has 2 aliphatic rings. The summed E-state index contributed by atoms with van der Waals surface area (Å²) in [4.78, 5) is 19.0. The highest BCUT2D eigenvalue weighted by molar-refractivity contribution is 8.16. The van der Waals surface area contributed by atoms with Crippen molar-refractivity contribution in [3.8, 4) is 5.75 Å². The number of amides is 1. The maximum absolute atomic E-state index is 12.8. The predicted molar refractivity (Wildman–Crippen MR) is 112 cm³/mol. The molecule has 2 saturated heterocycles. The van der Waals surface area contributed by atoms with Gasteiger partial charge in [0.15, 0.2) is 15.0 Å². The number of hydrogen-bond donors (Lipinski definition) is 0. The molecule has 6 nitrogen and oxygen atoms in total. The number of thioether (sulfide) groups is 1. The lowest BCUT2D eigenvalue weighted by atomic mass is 10.1. The van der Waals surface area contributed by atoms with E-state index in [-0.39, 0.29) is 28.7 Å². The minimum Gasteiger partial charge on any atom is -0.495 e. The number of nitrogens with zero attached hydrogens (tertiary/aromatic N) is 2. The van der Waals surface area contributed by atoms with Gasteiger partial charge in [0.05, 0.1) is 30.3 Å². The summed E-state index contributed by atoms with van der Waals surface area (Å²) in [5, 5.41) is 0.361. The van der Waals surface area contributed by atoms with Crippen LogP contribution >= 0.6 is 11.8 Å². The van der Waals surface area contributed by atoms with Crippen molar-refractivity contribution in [1.82, 2.24) is 0 Å². The summed E-state index contributed by atoms with van der Waals surface area (Å²) in [6, 6.07) is 14.4. The van der Waals surface area contributed by atoms with Crippen LogP contribution in [0.25, 0.3) is 0 Å². The summed E-state index contributed by atoms with van der Waals surface area (Å²) < 4.78 is 29.8. The van der Waals surface area contributed by atoms with Crippen LogP contribution in [-0.2, 0) is 9.84 Å². The number of amidine groups is 1. The number of aliphatic imine (C=N–C) groups is 1. The molecule has 1 amide bonds. The molecule has 2 aliphatic heterocycles. The van der Waals surface area contributed by atoms with Gasteiger partial charge >= 0.3 is 0 Å². The molecule has 0 aliphatic carbocycles. The Morgan fingerprint density at radius 2 is 1.96 bits per heavy atom. The van der Waals surface area contributed by atoms with E-state index in [2.05, 4.69) is 4.99 Å². The molecule has 0 aromatic heterocycles. The van der Waals surface area contributed by atoms with Crippen LogP contribution in [0.2, 0.25) is 0 Å². The highest BCUT2D eigenvalue weighted by Gasteiger charge is 2.50. The average Bonchev–Trinajstić information content (AvgIpc) is 3.12. The zero-order chi connectivity index (χ0) is 19.9. The summed E-state index contributed by atoms with van der Waals surface area (Å²) in [7, 11) is -1.55. The van der Waals surface area contributed by atoms with Crippen molar-refractivity contribution in [3.63, 3.8) is 0 Å². The standard InChI is InChI=1S/C20H20N2O4S2/c1-13-6-5-7-14(10-13)19(23)21-20-22(15-8-3-4-9-17(15)26-2)16-11-28(24,25)12-18(16)27-20/h3-10,16,18H,11-12H2,1-2H3/t16-,18+/m0/s1. The van der Waals surface area contributed by atoms with Crippen LogP contribution < -0.4 is 9.64 Å². The number of hydrogen-bond acceptors (Lipinski definition) is 5. The van der Waals surface area contributed by atoms with E-state index in [1.165, 1.54) is 11.8 Å². The Bertz CT molecular complexity index is 1070. The Labute approximate surface area is 168 Å². The van der Waals surface area contributed by atoms with Gasteiger partial charge in [-0.3, -0.25) is 4.79 Å². The zero-order valence-electron chi connectivity index (χ0n) is 15.5. The van der Waals surface area contributed by atoms with Crippen molar-refractivity contribution in [3.05, 3.63) is 59.7 Å². The van der Waals surface area contributed by atoms with E-state index in [9.17, 15) is 13.2 Å². The molecule has 0 unspecified atom stereocenters. The first-order valence-electron chi connectivity index (χ1n) is 8.87. The van der Waals surface area contributed by atoms with Crippen molar-refractivity contribution >= 4 is 38.4 Å². The van der Waals surface area contributed by atoms with Crippen LogP contribution in [0.1, 0.15) is 15.9 Å². The van der Waals surface area contributed by atoms with Gasteiger partial charge in [0, 0.05) is 10.8 Å². The third kappa shape index (κ3) is 3.54. The lowest BCUT2D eigenvalue weighted by Crippen LogP contribution is -2.38. The Balaban J connectivity index is 1.76. The number of ether oxygens (including phenoxy) is 1. The highest BCUT2D eigenvalue weighted by Crippen LogP contribution is 2.43. The van der Waals surface area contributed by atoms with Crippen LogP contribution in [-0.4, -0.2) is 49.4 Å². The molecule has 2 heterocycles. The summed E-state index contributed by atoms with van der Waals surface area (Å²) in [6.45, 7) is 1.92. The molecule has 0 bridgehead atoms. The van der Waals surface area contributed by atoms with Crippen molar-refractivity contribution in [1.29, 1.82) is 0 Å². The van der Waals surface area contributed by atoms with Gasteiger partial charge in [0.2, 0.25) is 0 Å². The van der Waals surface area contributed by atoms with E-state index in [1.807, 2.05) is 48.2 Å². The normalized spacial score (nSPS) is 24.4. The Morgan fingerprint density at radius 3 is 2.71 bits per heavy atom. The number of methoxy groups -OCH3 is 1. The summed E-state index contributed by atoms with van der Waals surface area (Å²) >= 11 is 1.35. The Hall–Kier alpha value is -2.32. The number of para-hydroxylation sites is 2. The lowest BCUT2D eigenvalue weighted by molar-refractivity contribution is 0.100. The van der Waals surface area contributed by atoms with E-state index < -0.39 is 9.84 Å². The van der Waals surface area contributed by atoms with Gasteiger partial charge in [-0.2, -0.15) is 4.99 Å². The van der Waals surface area contributed by atoms with Gasteiger partial charge in [-0.1, -0.05) is 41.6 Å². The number of carbonyl (C=O) groups is 1. The van der Waals surface area contributed by atoms with Crippen LogP contribution in [0.4, 0.5) is 5.69 Å². The van der Waals surface area contributed by atoms with E-state index in [0.29, 0.717) is 16.5 Å². The van der Waals surface area contributed by atoms with Gasteiger partial charge < -0.3 is 9.64 Å². The molecular formula is C20H20N2O4S2. The average molecular weight is 417 g/mol. The second kappa shape index (κ2) is 7.25. The van der Waals surface area contributed by atoms with Gasteiger partial charge in [-0.15, -0.1) is 0 Å². The van der Waals surface area contributed by atoms with E-state index >= 15 is 0 Å². The smallest absolute Gasteiger partial charge is 0.279 e. The molecule has 8 heteroatoms. The van der Waals surface area contributed by atoms with Crippen LogP contribution in [0, 0.1) is 6.92 Å². The number of aryl methyl sites for hydroxylation is 1. The molecule has 2 fully saturated rings.